The van der Waals surface area contributed by atoms with Crippen molar-refractivity contribution in [3.05, 3.63) is 0 Å². The maximum Gasteiger partial charge on any atom is 0.303 e. The van der Waals surface area contributed by atoms with Crippen LogP contribution in [0.5, 0.6) is 0 Å². The second kappa shape index (κ2) is 5.18. The number of carboxylic acids is 1. The van der Waals surface area contributed by atoms with Crippen LogP contribution in [0.25, 0.3) is 0 Å². The van der Waals surface area contributed by atoms with Gasteiger partial charge in [-0.2, -0.15) is 0 Å². The second-order valence-corrected chi connectivity index (χ2v) is 4.16. The number of hydrogen-bond acceptors (Lipinski definition) is 1. The molecule has 0 spiro atoms. The molecule has 2 heteroatoms. The van der Waals surface area contributed by atoms with Crippen molar-refractivity contribution in [2.75, 3.05) is 0 Å². The van der Waals surface area contributed by atoms with Gasteiger partial charge >= 0.3 is 5.97 Å². The Morgan fingerprint density at radius 2 is 1.92 bits per heavy atom. The Bertz CT molecular complexity index is 139. The molecule has 0 amide bonds. The molecule has 0 aromatic rings. The average molecular weight is 172 g/mol. The van der Waals surface area contributed by atoms with E-state index in [0.717, 1.165) is 12.8 Å². The first-order chi connectivity index (χ1) is 5.48. The van der Waals surface area contributed by atoms with Crippen LogP contribution in [0.15, 0.2) is 0 Å². The molecule has 0 aliphatic heterocycles. The minimum atomic E-state index is -0.678. The predicted molar refractivity (Wildman–Crippen MR) is 50.2 cm³/mol. The lowest BCUT2D eigenvalue weighted by atomic mass is 9.83. The minimum Gasteiger partial charge on any atom is -0.481 e. The predicted octanol–water partition coefficient (Wildman–Crippen LogP) is 3.07. The maximum absolute atomic E-state index is 10.2. The highest BCUT2D eigenvalue weighted by Gasteiger charge is 2.16. The molecule has 12 heavy (non-hydrogen) atoms. The monoisotopic (exact) mass is 172 g/mol. The third kappa shape index (κ3) is 6.20. The van der Waals surface area contributed by atoms with Crippen molar-refractivity contribution in [1.29, 1.82) is 0 Å². The van der Waals surface area contributed by atoms with Crippen molar-refractivity contribution in [3.8, 4) is 0 Å². The highest BCUT2D eigenvalue weighted by molar-refractivity contribution is 5.66. The van der Waals surface area contributed by atoms with Crippen LogP contribution >= 0.6 is 0 Å². The molecule has 0 unspecified atom stereocenters. The van der Waals surface area contributed by atoms with Crippen LogP contribution in [0.2, 0.25) is 0 Å². The Hall–Kier alpha value is -0.530. The number of aliphatic carboxylic acids is 1. The fourth-order valence-electron chi connectivity index (χ4n) is 1.52. The van der Waals surface area contributed by atoms with Gasteiger partial charge in [-0.15, -0.1) is 0 Å². The van der Waals surface area contributed by atoms with Crippen LogP contribution in [0.4, 0.5) is 0 Å². The fourth-order valence-corrected chi connectivity index (χ4v) is 1.52. The molecule has 1 N–H and O–H groups in total. The standard InChI is InChI=1S/C10H20O2/c1-4-7-10(2,3)8-5-6-9(11)12/h4-8H2,1-3H3,(H,11,12). The normalized spacial score (nSPS) is 11.6. The van der Waals surface area contributed by atoms with Gasteiger partial charge in [0.15, 0.2) is 0 Å². The molecule has 0 aromatic heterocycles. The highest BCUT2D eigenvalue weighted by Crippen LogP contribution is 2.28. The summed E-state index contributed by atoms with van der Waals surface area (Å²) in [4.78, 5) is 10.2. The van der Waals surface area contributed by atoms with Gasteiger partial charge in [0.1, 0.15) is 0 Å². The molecule has 0 aliphatic rings. The number of rotatable bonds is 6. The van der Waals surface area contributed by atoms with Crippen molar-refractivity contribution in [2.45, 2.75) is 52.9 Å². The fraction of sp³-hybridized carbons (Fsp3) is 0.900. The lowest BCUT2D eigenvalue weighted by molar-refractivity contribution is -0.137. The van der Waals surface area contributed by atoms with Gasteiger partial charge < -0.3 is 5.11 Å². The number of carboxylic acid groups (broad SMARTS) is 1. The van der Waals surface area contributed by atoms with E-state index in [-0.39, 0.29) is 0 Å². The molecule has 0 fully saturated rings. The van der Waals surface area contributed by atoms with E-state index in [4.69, 9.17) is 5.11 Å². The molecule has 0 radical (unpaired) electrons. The summed E-state index contributed by atoms with van der Waals surface area (Å²) in [7, 11) is 0. The molecule has 2 nitrogen and oxygen atoms in total. The molecule has 0 heterocycles. The third-order valence-electron chi connectivity index (χ3n) is 2.17. The van der Waals surface area contributed by atoms with E-state index < -0.39 is 5.97 Å². The van der Waals surface area contributed by atoms with Crippen molar-refractivity contribution in [1.82, 2.24) is 0 Å². The SMILES string of the molecule is CCCC(C)(C)CCCC(=O)O. The largest absolute Gasteiger partial charge is 0.481 e. The summed E-state index contributed by atoms with van der Waals surface area (Å²) in [5.74, 6) is -0.678. The first-order valence-electron chi connectivity index (χ1n) is 4.70. The van der Waals surface area contributed by atoms with E-state index in [0.29, 0.717) is 11.8 Å². The van der Waals surface area contributed by atoms with Crippen molar-refractivity contribution >= 4 is 5.97 Å². The van der Waals surface area contributed by atoms with Gasteiger partial charge in [0, 0.05) is 6.42 Å². The van der Waals surface area contributed by atoms with Crippen LogP contribution in [0.3, 0.4) is 0 Å². The molecule has 0 aromatic carbocycles. The Kier molecular flexibility index (Phi) is 4.95. The molecule has 0 bridgehead atoms. The number of hydrogen-bond donors (Lipinski definition) is 1. The zero-order valence-electron chi connectivity index (χ0n) is 8.39. The van der Waals surface area contributed by atoms with Gasteiger partial charge in [-0.25, -0.2) is 0 Å². The Balaban J connectivity index is 3.53. The van der Waals surface area contributed by atoms with Crippen molar-refractivity contribution in [2.24, 2.45) is 5.41 Å². The summed E-state index contributed by atoms with van der Waals surface area (Å²) >= 11 is 0. The zero-order chi connectivity index (χ0) is 9.61. The summed E-state index contributed by atoms with van der Waals surface area (Å²) in [6.07, 6.45) is 4.51. The third-order valence-corrected chi connectivity index (χ3v) is 2.17. The molecule has 0 saturated carbocycles. The molecular formula is C10H20O2. The smallest absolute Gasteiger partial charge is 0.303 e. The number of carbonyl (C=O) groups is 1. The first kappa shape index (κ1) is 11.5. The average Bonchev–Trinajstić information content (AvgIpc) is 1.85. The van der Waals surface area contributed by atoms with Gasteiger partial charge in [-0.1, -0.05) is 27.2 Å². The van der Waals surface area contributed by atoms with E-state index in [1.165, 1.54) is 12.8 Å². The van der Waals surface area contributed by atoms with E-state index >= 15 is 0 Å². The lowest BCUT2D eigenvalue weighted by Crippen LogP contribution is -2.11. The van der Waals surface area contributed by atoms with Gasteiger partial charge in [0.25, 0.3) is 0 Å². The molecule has 0 aliphatic carbocycles. The molecule has 0 saturated heterocycles. The first-order valence-corrected chi connectivity index (χ1v) is 4.70. The minimum absolute atomic E-state index is 0.313. The van der Waals surface area contributed by atoms with Crippen LogP contribution in [-0.4, -0.2) is 11.1 Å². The second-order valence-electron chi connectivity index (χ2n) is 4.16. The maximum atomic E-state index is 10.2. The van der Waals surface area contributed by atoms with Crippen molar-refractivity contribution in [3.63, 3.8) is 0 Å². The summed E-state index contributed by atoms with van der Waals surface area (Å²) in [5.41, 5.74) is 0.324. The van der Waals surface area contributed by atoms with Gasteiger partial charge in [0.05, 0.1) is 0 Å². The highest BCUT2D eigenvalue weighted by atomic mass is 16.4. The Morgan fingerprint density at radius 1 is 1.33 bits per heavy atom. The van der Waals surface area contributed by atoms with Gasteiger partial charge in [-0.05, 0) is 24.7 Å². The molecule has 0 rings (SSSR count). The van der Waals surface area contributed by atoms with Crippen LogP contribution in [0.1, 0.15) is 52.9 Å². The van der Waals surface area contributed by atoms with Crippen LogP contribution < -0.4 is 0 Å². The summed E-state index contributed by atoms with van der Waals surface area (Å²) in [6, 6.07) is 0. The van der Waals surface area contributed by atoms with Crippen LogP contribution in [-0.2, 0) is 4.79 Å². The van der Waals surface area contributed by atoms with E-state index in [9.17, 15) is 4.79 Å². The lowest BCUT2D eigenvalue weighted by Gasteiger charge is -2.23. The van der Waals surface area contributed by atoms with E-state index in [1.807, 2.05) is 0 Å². The van der Waals surface area contributed by atoms with E-state index in [2.05, 4.69) is 20.8 Å². The van der Waals surface area contributed by atoms with Gasteiger partial charge in [-0.3, -0.25) is 4.79 Å². The summed E-state index contributed by atoms with van der Waals surface area (Å²) in [5, 5.41) is 8.44. The van der Waals surface area contributed by atoms with Crippen molar-refractivity contribution < 1.29 is 9.90 Å². The van der Waals surface area contributed by atoms with Crippen LogP contribution in [0, 0.1) is 5.41 Å². The zero-order valence-corrected chi connectivity index (χ0v) is 8.39. The summed E-state index contributed by atoms with van der Waals surface area (Å²) in [6.45, 7) is 6.58. The molecule has 0 atom stereocenters. The van der Waals surface area contributed by atoms with E-state index in [1.54, 1.807) is 0 Å². The molecular weight excluding hydrogens is 152 g/mol. The summed E-state index contributed by atoms with van der Waals surface area (Å²) < 4.78 is 0. The quantitative estimate of drug-likeness (QED) is 0.668. The Labute approximate surface area is 75.0 Å². The molecule has 72 valence electrons. The topological polar surface area (TPSA) is 37.3 Å². The Morgan fingerprint density at radius 3 is 2.33 bits per heavy atom. The van der Waals surface area contributed by atoms with Gasteiger partial charge in [0.2, 0.25) is 0 Å².